The van der Waals surface area contributed by atoms with Crippen molar-refractivity contribution in [3.63, 3.8) is 0 Å². The first-order chi connectivity index (χ1) is 19.2. The third kappa shape index (κ3) is 28.6. The summed E-state index contributed by atoms with van der Waals surface area (Å²) in [5.74, 6) is 0. The maximum atomic E-state index is 6.82. The molecule has 0 aliphatic carbocycles. The normalized spacial score (nSPS) is 12.3. The van der Waals surface area contributed by atoms with Gasteiger partial charge >= 0.3 is 0 Å². The summed E-state index contributed by atoms with van der Waals surface area (Å²) >= 11 is 6.82. The lowest BCUT2D eigenvalue weighted by Gasteiger charge is -2.32. The van der Waals surface area contributed by atoms with Crippen LogP contribution >= 0.6 is 19.2 Å². The molecule has 0 radical (unpaired) electrons. The van der Waals surface area contributed by atoms with Crippen LogP contribution in [0.3, 0.4) is 0 Å². The Morgan fingerprint density at radius 2 is 0.487 bits per heavy atom. The van der Waals surface area contributed by atoms with Crippen LogP contribution in [0.25, 0.3) is 0 Å². The molecule has 1 atom stereocenters. The van der Waals surface area contributed by atoms with E-state index in [0.29, 0.717) is 13.1 Å². The highest BCUT2D eigenvalue weighted by Gasteiger charge is 2.28. The Kier molecular flexibility index (Phi) is 33.8. The first kappa shape index (κ1) is 39.7. The van der Waals surface area contributed by atoms with Crippen molar-refractivity contribution in [2.75, 3.05) is 0 Å². The standard InChI is InChI=1S/C37H76ClP/c1-4-7-10-13-16-19-22-25-28-31-34-37(39-38,35-32-29-26-23-20-17-14-11-8-5-2)36-33-30-27-24-21-18-15-12-9-6-3/h39H,4-36H2,1-3H3. The van der Waals surface area contributed by atoms with Gasteiger partial charge in [-0.05, 0) is 27.2 Å². The van der Waals surface area contributed by atoms with Gasteiger partial charge in [0.15, 0.2) is 0 Å². The van der Waals surface area contributed by atoms with Gasteiger partial charge < -0.3 is 0 Å². The fourth-order valence-corrected chi connectivity index (χ4v) is 8.03. The molecule has 0 fully saturated rings. The third-order valence-corrected chi connectivity index (χ3v) is 11.6. The molecular formula is C37H76ClP. The Labute approximate surface area is 256 Å². The Hall–Kier alpha value is 0.720. The monoisotopic (exact) mass is 587 g/mol. The Bertz CT molecular complexity index is 377. The van der Waals surface area contributed by atoms with Crippen LogP contribution in [0.5, 0.6) is 0 Å². The van der Waals surface area contributed by atoms with E-state index < -0.39 is 0 Å². The van der Waals surface area contributed by atoms with Gasteiger partial charge in [-0.15, -0.1) is 0 Å². The lowest BCUT2D eigenvalue weighted by Crippen LogP contribution is -2.22. The number of rotatable bonds is 34. The van der Waals surface area contributed by atoms with Crippen LogP contribution in [0.1, 0.15) is 233 Å². The van der Waals surface area contributed by atoms with Crippen molar-refractivity contribution in [2.45, 2.75) is 238 Å². The molecule has 0 bridgehead atoms. The smallest absolute Gasteiger partial charge is 0.00165 e. The van der Waals surface area contributed by atoms with E-state index in [1.54, 1.807) is 0 Å². The molecule has 0 heterocycles. The van der Waals surface area contributed by atoms with E-state index in [4.69, 9.17) is 11.2 Å². The van der Waals surface area contributed by atoms with Gasteiger partial charge in [-0.25, -0.2) is 0 Å². The van der Waals surface area contributed by atoms with Gasteiger partial charge in [0.1, 0.15) is 0 Å². The zero-order valence-corrected chi connectivity index (χ0v) is 29.5. The summed E-state index contributed by atoms with van der Waals surface area (Å²) in [6.45, 7) is 6.94. The van der Waals surface area contributed by atoms with Gasteiger partial charge in [-0.2, -0.15) is 0 Å². The molecule has 0 rings (SSSR count). The highest BCUT2D eigenvalue weighted by Crippen LogP contribution is 2.48. The zero-order chi connectivity index (χ0) is 28.5. The van der Waals surface area contributed by atoms with Crippen LogP contribution in [-0.4, -0.2) is 5.16 Å². The topological polar surface area (TPSA) is 0 Å². The number of unbranched alkanes of at least 4 members (excludes halogenated alkanes) is 27. The molecular weight excluding hydrogens is 511 g/mol. The highest BCUT2D eigenvalue weighted by atomic mass is 35.7. The van der Waals surface area contributed by atoms with E-state index in [2.05, 4.69) is 20.8 Å². The van der Waals surface area contributed by atoms with Gasteiger partial charge in [0.2, 0.25) is 0 Å². The molecule has 0 aromatic heterocycles. The van der Waals surface area contributed by atoms with Crippen molar-refractivity contribution in [1.29, 1.82) is 0 Å². The maximum Gasteiger partial charge on any atom is 0.00165 e. The molecule has 236 valence electrons. The lowest BCUT2D eigenvalue weighted by molar-refractivity contribution is 0.400. The van der Waals surface area contributed by atoms with Gasteiger partial charge in [-0.3, -0.25) is 0 Å². The maximum absolute atomic E-state index is 6.82. The molecule has 0 spiro atoms. The average molecular weight is 587 g/mol. The molecule has 0 saturated heterocycles. The lowest BCUT2D eigenvalue weighted by atomic mass is 9.88. The molecule has 0 saturated carbocycles. The van der Waals surface area contributed by atoms with E-state index >= 15 is 0 Å². The van der Waals surface area contributed by atoms with E-state index in [-0.39, 0.29) is 0 Å². The fourth-order valence-electron chi connectivity index (χ4n) is 6.37. The third-order valence-electron chi connectivity index (χ3n) is 9.23. The predicted molar refractivity (Wildman–Crippen MR) is 186 cm³/mol. The molecule has 0 aromatic rings. The van der Waals surface area contributed by atoms with E-state index in [9.17, 15) is 0 Å². The summed E-state index contributed by atoms with van der Waals surface area (Å²) in [6, 6.07) is 0. The molecule has 0 aromatic carbocycles. The van der Waals surface area contributed by atoms with Gasteiger partial charge in [0.25, 0.3) is 0 Å². The largest absolute Gasteiger partial charge is 0.0995 e. The predicted octanol–water partition coefficient (Wildman–Crippen LogP) is 15.5. The summed E-state index contributed by atoms with van der Waals surface area (Å²) in [5.41, 5.74) is 0. The molecule has 0 N–H and O–H groups in total. The van der Waals surface area contributed by atoms with Gasteiger partial charge in [0.05, 0.1) is 0 Å². The van der Waals surface area contributed by atoms with Gasteiger partial charge in [0, 0.05) is 5.16 Å². The second kappa shape index (κ2) is 33.2. The van der Waals surface area contributed by atoms with Crippen molar-refractivity contribution < 1.29 is 0 Å². The first-order valence-electron chi connectivity index (χ1n) is 18.6. The first-order valence-corrected chi connectivity index (χ1v) is 20.6. The van der Waals surface area contributed by atoms with Crippen LogP contribution in [-0.2, 0) is 0 Å². The van der Waals surface area contributed by atoms with Crippen LogP contribution in [0.15, 0.2) is 0 Å². The Morgan fingerprint density at radius 1 is 0.308 bits per heavy atom. The second-order valence-electron chi connectivity index (χ2n) is 13.2. The van der Waals surface area contributed by atoms with Crippen LogP contribution in [0, 0.1) is 0 Å². The molecule has 2 heteroatoms. The Morgan fingerprint density at radius 3 is 0.667 bits per heavy atom. The minimum absolute atomic E-state index is 0.460. The van der Waals surface area contributed by atoms with Crippen molar-refractivity contribution in [2.24, 2.45) is 0 Å². The van der Waals surface area contributed by atoms with Crippen molar-refractivity contribution in [1.82, 2.24) is 0 Å². The SMILES string of the molecule is CCCCCCCCCCCCC(CCCCCCCCCCCC)(CCCCCCCCCCCC)PCl. The molecule has 39 heavy (non-hydrogen) atoms. The van der Waals surface area contributed by atoms with Crippen LogP contribution in [0.2, 0.25) is 0 Å². The number of hydrogen-bond donors (Lipinski definition) is 0. The molecule has 0 amide bonds. The highest BCUT2D eigenvalue weighted by molar-refractivity contribution is 7.69. The molecule has 0 aliphatic rings. The zero-order valence-electron chi connectivity index (χ0n) is 27.7. The Balaban J connectivity index is 4.22. The van der Waals surface area contributed by atoms with Crippen molar-refractivity contribution in [3.8, 4) is 0 Å². The van der Waals surface area contributed by atoms with Crippen molar-refractivity contribution >= 4 is 19.2 Å². The second-order valence-corrected chi connectivity index (χ2v) is 15.0. The minimum Gasteiger partial charge on any atom is -0.0995 e. The van der Waals surface area contributed by atoms with Crippen molar-refractivity contribution in [3.05, 3.63) is 0 Å². The number of hydrogen-bond acceptors (Lipinski definition) is 0. The average Bonchev–Trinajstić information content (AvgIpc) is 2.95. The molecule has 0 aliphatic heterocycles. The summed E-state index contributed by atoms with van der Waals surface area (Å²) in [4.78, 5) is 0. The molecule has 0 nitrogen and oxygen atoms in total. The summed E-state index contributed by atoms with van der Waals surface area (Å²) < 4.78 is 0. The van der Waals surface area contributed by atoms with Crippen LogP contribution < -0.4 is 0 Å². The molecule has 1 unspecified atom stereocenters. The van der Waals surface area contributed by atoms with E-state index in [0.717, 1.165) is 0 Å². The van der Waals surface area contributed by atoms with E-state index in [1.807, 2.05) is 0 Å². The minimum atomic E-state index is 0.460. The number of halogens is 1. The van der Waals surface area contributed by atoms with Crippen LogP contribution in [0.4, 0.5) is 0 Å². The van der Waals surface area contributed by atoms with E-state index in [1.165, 1.54) is 212 Å². The summed E-state index contributed by atoms with van der Waals surface area (Å²) in [7, 11) is 0.627. The summed E-state index contributed by atoms with van der Waals surface area (Å²) in [6.07, 6.45) is 47.4. The fraction of sp³-hybridized carbons (Fsp3) is 1.00. The quantitative estimate of drug-likeness (QED) is 0.0519. The van der Waals surface area contributed by atoms with Gasteiger partial charge in [-0.1, -0.05) is 225 Å². The summed E-state index contributed by atoms with van der Waals surface area (Å²) in [5, 5.41) is 0.460.